The van der Waals surface area contributed by atoms with Crippen LogP contribution in [0.3, 0.4) is 0 Å². The third-order valence-corrected chi connectivity index (χ3v) is 8.39. The molecule has 0 saturated heterocycles. The first-order valence-electron chi connectivity index (χ1n) is 14.5. The minimum atomic E-state index is -2.27. The minimum Gasteiger partial charge on any atom is -0.486 e. The second-order valence-electron chi connectivity index (χ2n) is 10.0. The summed E-state index contributed by atoms with van der Waals surface area (Å²) >= 11 is 1.73. The number of benzene rings is 2. The number of fused-ring (bicyclic) bond motifs is 4. The molecule has 0 spiro atoms. The van der Waals surface area contributed by atoms with Gasteiger partial charge in [0, 0.05) is 52.6 Å². The Kier molecular flexibility index (Phi) is 7.12. The SMILES string of the molecule is Cc1c[c-]c(-c2cc(C)c(C)cn2)cc1.[2H]C([2H])([2H])c1ccc2c(n1)oc1c(-c3cc4c(C)c(C)sc4cn3)[c-]ccc12.[Ir]. The summed E-state index contributed by atoms with van der Waals surface area (Å²) in [5.41, 5.74) is 9.50. The van der Waals surface area contributed by atoms with Gasteiger partial charge in [-0.2, -0.15) is 0 Å². The molecule has 0 aliphatic rings. The van der Waals surface area contributed by atoms with E-state index in [9.17, 15) is 0 Å². The van der Waals surface area contributed by atoms with Gasteiger partial charge in [-0.3, -0.25) is 0 Å². The van der Waals surface area contributed by atoms with E-state index in [1.807, 2.05) is 30.6 Å². The molecule has 0 fully saturated rings. The summed E-state index contributed by atoms with van der Waals surface area (Å²) in [6.45, 7) is 8.19. The van der Waals surface area contributed by atoms with E-state index in [0.717, 1.165) is 38.0 Å². The Morgan fingerprint density at radius 1 is 0.829 bits per heavy atom. The summed E-state index contributed by atoms with van der Waals surface area (Å²) in [4.78, 5) is 14.5. The number of nitrogens with zero attached hydrogens (tertiary/aromatic N) is 3. The van der Waals surface area contributed by atoms with E-state index in [1.54, 1.807) is 17.4 Å². The van der Waals surface area contributed by atoms with Gasteiger partial charge in [-0.25, -0.2) is 4.98 Å². The Hall–Kier alpha value is -3.70. The molecule has 4 nitrogen and oxygen atoms in total. The predicted molar refractivity (Wildman–Crippen MR) is 166 cm³/mol. The summed E-state index contributed by atoms with van der Waals surface area (Å²) < 4.78 is 29.9. The number of pyridine rings is 3. The largest absolute Gasteiger partial charge is 0.486 e. The monoisotopic (exact) mass is 735 g/mol. The maximum absolute atomic E-state index is 7.57. The first-order chi connectivity index (χ1) is 20.5. The molecule has 0 N–H and O–H groups in total. The smallest absolute Gasteiger partial charge is 0.216 e. The molecule has 1 radical (unpaired) electrons. The van der Waals surface area contributed by atoms with Crippen molar-refractivity contribution in [1.82, 2.24) is 15.0 Å². The molecular formula is C35H29IrN3OS-2. The number of rotatable bonds is 2. The number of hydrogen-bond acceptors (Lipinski definition) is 5. The van der Waals surface area contributed by atoms with E-state index >= 15 is 0 Å². The van der Waals surface area contributed by atoms with Crippen LogP contribution < -0.4 is 0 Å². The van der Waals surface area contributed by atoms with E-state index in [4.69, 9.17) is 8.53 Å². The first-order valence-corrected chi connectivity index (χ1v) is 13.8. The quantitative estimate of drug-likeness (QED) is 0.166. The summed E-state index contributed by atoms with van der Waals surface area (Å²) in [5.74, 6) is 0. The van der Waals surface area contributed by atoms with Gasteiger partial charge in [0.15, 0.2) is 0 Å². The van der Waals surface area contributed by atoms with Gasteiger partial charge in [-0.05, 0) is 74.6 Å². The molecular weight excluding hydrogens is 703 g/mol. The Morgan fingerprint density at radius 2 is 1.66 bits per heavy atom. The molecule has 5 aromatic heterocycles. The molecule has 2 aromatic carbocycles. The Morgan fingerprint density at radius 3 is 2.41 bits per heavy atom. The van der Waals surface area contributed by atoms with Crippen molar-refractivity contribution in [2.45, 2.75) is 41.5 Å². The molecule has 0 aliphatic heterocycles. The van der Waals surface area contributed by atoms with Crippen molar-refractivity contribution >= 4 is 43.5 Å². The summed E-state index contributed by atoms with van der Waals surface area (Å²) in [7, 11) is 0. The second-order valence-corrected chi connectivity index (χ2v) is 11.3. The van der Waals surface area contributed by atoms with Crippen LogP contribution in [0.25, 0.3) is 54.7 Å². The molecule has 6 heteroatoms. The van der Waals surface area contributed by atoms with Crippen LogP contribution in [0, 0.1) is 53.6 Å². The molecule has 7 rings (SSSR count). The molecule has 0 atom stereocenters. The van der Waals surface area contributed by atoms with E-state index in [-0.39, 0.29) is 25.8 Å². The van der Waals surface area contributed by atoms with Crippen molar-refractivity contribution in [1.29, 1.82) is 0 Å². The van der Waals surface area contributed by atoms with Gasteiger partial charge in [0.25, 0.3) is 0 Å². The van der Waals surface area contributed by atoms with Crippen molar-refractivity contribution in [2.75, 3.05) is 0 Å². The molecule has 41 heavy (non-hydrogen) atoms. The van der Waals surface area contributed by atoms with E-state index in [0.29, 0.717) is 11.3 Å². The van der Waals surface area contributed by atoms with Crippen molar-refractivity contribution in [3.63, 3.8) is 0 Å². The summed E-state index contributed by atoms with van der Waals surface area (Å²) in [5, 5.41) is 2.83. The van der Waals surface area contributed by atoms with Crippen LogP contribution in [0.5, 0.6) is 0 Å². The Bertz CT molecular complexity index is 2130. The molecule has 7 aromatic rings. The predicted octanol–water partition coefficient (Wildman–Crippen LogP) is 9.45. The van der Waals surface area contributed by atoms with Crippen LogP contribution in [-0.4, -0.2) is 15.0 Å². The maximum Gasteiger partial charge on any atom is 0.216 e. The molecule has 0 amide bonds. The standard InChI is InChI=1S/C21H15N2OS.C14H14N.Ir/c1-11-7-8-15-14-5-4-6-16(20(14)24-21(15)23-11)18-9-17-12(2)13(3)25-19(17)10-22-18;1-10-4-6-13(7-5-10)14-8-11(2)12(3)9-15-14;/h4-5,7-10H,1-3H3;4-6,8-9H,1-3H3;/q2*-1;/i1D3;;. The average Bonchev–Trinajstić information content (AvgIpc) is 3.50. The number of furan rings is 1. The minimum absolute atomic E-state index is 0. The topological polar surface area (TPSA) is 51.8 Å². The average molecular weight is 735 g/mol. The maximum atomic E-state index is 7.57. The second kappa shape index (κ2) is 11.7. The Balaban J connectivity index is 0.000000204. The van der Waals surface area contributed by atoms with Crippen molar-refractivity contribution in [3.8, 4) is 22.5 Å². The van der Waals surface area contributed by atoms with Crippen molar-refractivity contribution in [2.24, 2.45) is 0 Å². The fourth-order valence-corrected chi connectivity index (χ4v) is 5.65. The zero-order valence-electron chi connectivity index (χ0n) is 26.3. The van der Waals surface area contributed by atoms with Crippen LogP contribution in [0.2, 0.25) is 0 Å². The van der Waals surface area contributed by atoms with Crippen LogP contribution >= 0.6 is 11.3 Å². The molecule has 0 saturated carbocycles. The van der Waals surface area contributed by atoms with Crippen molar-refractivity contribution in [3.05, 3.63) is 112 Å². The fourth-order valence-electron chi connectivity index (χ4n) is 4.63. The van der Waals surface area contributed by atoms with Crippen molar-refractivity contribution < 1.29 is 28.6 Å². The Labute approximate surface area is 262 Å². The molecule has 0 bridgehead atoms. The summed E-state index contributed by atoms with van der Waals surface area (Å²) in [6, 6.07) is 23.8. The van der Waals surface area contributed by atoms with Gasteiger partial charge in [-0.15, -0.1) is 64.9 Å². The number of hydrogen-bond donors (Lipinski definition) is 0. The van der Waals surface area contributed by atoms with Crippen LogP contribution in [0.15, 0.2) is 71.4 Å². The molecule has 207 valence electrons. The summed E-state index contributed by atoms with van der Waals surface area (Å²) in [6.07, 6.45) is 3.80. The first kappa shape index (κ1) is 25.0. The van der Waals surface area contributed by atoms with Crippen LogP contribution in [-0.2, 0) is 20.1 Å². The zero-order valence-corrected chi connectivity index (χ0v) is 26.6. The fraction of sp³-hybridized carbons (Fsp3) is 0.171. The van der Waals surface area contributed by atoms with E-state index in [1.165, 1.54) is 38.6 Å². The van der Waals surface area contributed by atoms with E-state index in [2.05, 4.69) is 86.0 Å². The van der Waals surface area contributed by atoms with Gasteiger partial charge >= 0.3 is 0 Å². The van der Waals surface area contributed by atoms with Crippen LogP contribution in [0.1, 0.15) is 36.9 Å². The number of aromatic nitrogens is 3. The zero-order chi connectivity index (χ0) is 30.5. The van der Waals surface area contributed by atoms with E-state index < -0.39 is 6.85 Å². The normalized spacial score (nSPS) is 12.4. The van der Waals surface area contributed by atoms with Gasteiger partial charge in [0.2, 0.25) is 5.71 Å². The van der Waals surface area contributed by atoms with Gasteiger partial charge < -0.3 is 14.4 Å². The molecule has 0 aliphatic carbocycles. The third kappa shape index (κ3) is 5.60. The number of thiophene rings is 1. The van der Waals surface area contributed by atoms with Gasteiger partial charge in [-0.1, -0.05) is 35.6 Å². The number of aryl methyl sites for hydroxylation is 6. The van der Waals surface area contributed by atoms with Gasteiger partial charge in [0.1, 0.15) is 0 Å². The third-order valence-electron chi connectivity index (χ3n) is 7.23. The molecule has 5 heterocycles. The van der Waals surface area contributed by atoms with Crippen LogP contribution in [0.4, 0.5) is 0 Å². The molecule has 0 unspecified atom stereocenters. The van der Waals surface area contributed by atoms with Gasteiger partial charge in [0.05, 0.1) is 10.3 Å².